The Morgan fingerprint density at radius 3 is 2.61 bits per heavy atom. The zero-order chi connectivity index (χ0) is 13.8. The summed E-state index contributed by atoms with van der Waals surface area (Å²) >= 11 is 1.34. The Labute approximate surface area is 109 Å². The number of sulfone groups is 1. The first kappa shape index (κ1) is 14.4. The third-order valence-electron chi connectivity index (χ3n) is 1.75. The van der Waals surface area contributed by atoms with Crippen molar-refractivity contribution in [3.05, 3.63) is 16.9 Å². The molecule has 0 spiro atoms. The smallest absolute Gasteiger partial charge is 0.231 e. The SMILES string of the molecule is CSc1nc(C)nc(N/C=C(\C#N)S(C)(=O)=O)n1. The highest BCUT2D eigenvalue weighted by molar-refractivity contribution is 7.98. The van der Waals surface area contributed by atoms with Gasteiger partial charge in [0.2, 0.25) is 5.95 Å². The van der Waals surface area contributed by atoms with E-state index in [1.165, 1.54) is 11.8 Å². The number of allylic oxidation sites excluding steroid dienone is 1. The second-order valence-electron chi connectivity index (χ2n) is 3.23. The minimum atomic E-state index is -3.55. The van der Waals surface area contributed by atoms with Crippen LogP contribution in [-0.2, 0) is 9.84 Å². The number of nitrogens with one attached hydrogen (secondary N) is 1. The highest BCUT2D eigenvalue weighted by Crippen LogP contribution is 2.11. The summed E-state index contributed by atoms with van der Waals surface area (Å²) in [6.45, 7) is 1.69. The Balaban J connectivity index is 3.03. The van der Waals surface area contributed by atoms with Crippen LogP contribution in [0.4, 0.5) is 5.95 Å². The summed E-state index contributed by atoms with van der Waals surface area (Å²) in [6, 6.07) is 1.59. The third kappa shape index (κ3) is 3.97. The second kappa shape index (κ2) is 5.79. The van der Waals surface area contributed by atoms with E-state index in [1.807, 2.05) is 6.26 Å². The molecule has 18 heavy (non-hydrogen) atoms. The van der Waals surface area contributed by atoms with Gasteiger partial charge in [-0.2, -0.15) is 15.2 Å². The molecule has 0 aromatic carbocycles. The Bertz CT molecular complexity index is 618. The number of thioether (sulfide) groups is 1. The van der Waals surface area contributed by atoms with Crippen LogP contribution in [0.5, 0.6) is 0 Å². The molecule has 0 radical (unpaired) electrons. The van der Waals surface area contributed by atoms with Gasteiger partial charge in [0.15, 0.2) is 19.9 Å². The molecule has 0 fully saturated rings. The Kier molecular flexibility index (Phi) is 4.63. The minimum absolute atomic E-state index is 0.197. The third-order valence-corrected chi connectivity index (χ3v) is 3.31. The lowest BCUT2D eigenvalue weighted by Crippen LogP contribution is -2.05. The molecule has 0 saturated carbocycles. The van der Waals surface area contributed by atoms with Gasteiger partial charge in [0.1, 0.15) is 11.9 Å². The topological polar surface area (TPSA) is 109 Å². The number of nitrogens with zero attached hydrogens (tertiary/aromatic N) is 4. The van der Waals surface area contributed by atoms with Crippen LogP contribution in [0, 0.1) is 18.3 Å². The maximum Gasteiger partial charge on any atom is 0.231 e. The maximum absolute atomic E-state index is 11.2. The number of aromatic nitrogens is 3. The first-order valence-corrected chi connectivity index (χ1v) is 7.82. The summed E-state index contributed by atoms with van der Waals surface area (Å²) in [5.74, 6) is 0.700. The van der Waals surface area contributed by atoms with Crippen LogP contribution in [0.2, 0.25) is 0 Å². The molecule has 0 amide bonds. The Morgan fingerprint density at radius 1 is 1.44 bits per heavy atom. The van der Waals surface area contributed by atoms with Crippen molar-refractivity contribution in [2.75, 3.05) is 17.8 Å². The predicted molar refractivity (Wildman–Crippen MR) is 68.5 cm³/mol. The molecule has 0 aliphatic heterocycles. The van der Waals surface area contributed by atoms with Crippen molar-refractivity contribution in [3.63, 3.8) is 0 Å². The number of hydrogen-bond acceptors (Lipinski definition) is 8. The summed E-state index contributed by atoms with van der Waals surface area (Å²) in [5.41, 5.74) is 0. The van der Waals surface area contributed by atoms with Gasteiger partial charge >= 0.3 is 0 Å². The van der Waals surface area contributed by atoms with Gasteiger partial charge in [0.25, 0.3) is 0 Å². The van der Waals surface area contributed by atoms with E-state index < -0.39 is 9.84 Å². The maximum atomic E-state index is 11.2. The number of rotatable bonds is 4. The first-order chi connectivity index (χ1) is 8.36. The van der Waals surface area contributed by atoms with Crippen molar-refractivity contribution in [1.29, 1.82) is 5.26 Å². The normalized spacial score (nSPS) is 12.0. The molecule has 1 rings (SSSR count). The summed E-state index contributed by atoms with van der Waals surface area (Å²) in [7, 11) is -3.55. The zero-order valence-electron chi connectivity index (χ0n) is 10.00. The molecule has 0 unspecified atom stereocenters. The first-order valence-electron chi connectivity index (χ1n) is 4.70. The number of hydrogen-bond donors (Lipinski definition) is 1. The van der Waals surface area contributed by atoms with Crippen LogP contribution in [0.3, 0.4) is 0 Å². The Morgan fingerprint density at radius 2 is 2.11 bits per heavy atom. The fraction of sp³-hybridized carbons (Fsp3) is 0.333. The molecule has 1 aromatic rings. The molecule has 0 atom stereocenters. The van der Waals surface area contributed by atoms with E-state index in [9.17, 15) is 8.42 Å². The molecule has 7 nitrogen and oxygen atoms in total. The van der Waals surface area contributed by atoms with Gasteiger partial charge in [-0.15, -0.1) is 0 Å². The average molecular weight is 285 g/mol. The Hall–Kier alpha value is -1.66. The quantitative estimate of drug-likeness (QED) is 0.636. The van der Waals surface area contributed by atoms with Gasteiger partial charge in [0.05, 0.1) is 0 Å². The van der Waals surface area contributed by atoms with Crippen LogP contribution < -0.4 is 5.32 Å². The summed E-state index contributed by atoms with van der Waals surface area (Å²) < 4.78 is 22.4. The number of anilines is 1. The van der Waals surface area contributed by atoms with Gasteiger partial charge in [-0.1, -0.05) is 11.8 Å². The second-order valence-corrected chi connectivity index (χ2v) is 5.99. The van der Waals surface area contributed by atoms with Crippen molar-refractivity contribution in [2.45, 2.75) is 12.1 Å². The van der Waals surface area contributed by atoms with Crippen LogP contribution in [0.1, 0.15) is 5.82 Å². The lowest BCUT2D eigenvalue weighted by molar-refractivity contribution is 0.608. The van der Waals surface area contributed by atoms with Crippen molar-refractivity contribution < 1.29 is 8.42 Å². The summed E-state index contributed by atoms with van der Waals surface area (Å²) in [6.07, 6.45) is 3.83. The molecular formula is C9H11N5O2S2. The molecule has 1 N–H and O–H groups in total. The molecule has 0 bridgehead atoms. The number of aryl methyl sites for hydroxylation is 1. The molecule has 1 heterocycles. The van der Waals surface area contributed by atoms with Gasteiger partial charge in [-0.25, -0.2) is 13.4 Å². The largest absolute Gasteiger partial charge is 0.329 e. The van der Waals surface area contributed by atoms with Gasteiger partial charge in [0, 0.05) is 12.5 Å². The van der Waals surface area contributed by atoms with Gasteiger partial charge < -0.3 is 5.32 Å². The average Bonchev–Trinajstić information content (AvgIpc) is 2.27. The summed E-state index contributed by atoms with van der Waals surface area (Å²) in [4.78, 5) is 11.7. The fourth-order valence-corrected chi connectivity index (χ4v) is 1.81. The van der Waals surface area contributed by atoms with Crippen molar-refractivity contribution in [1.82, 2.24) is 15.0 Å². The molecular weight excluding hydrogens is 274 g/mol. The van der Waals surface area contributed by atoms with Crippen molar-refractivity contribution in [2.24, 2.45) is 0 Å². The predicted octanol–water partition coefficient (Wildman–Crippen LogP) is 0.723. The van der Waals surface area contributed by atoms with E-state index in [2.05, 4.69) is 20.3 Å². The molecule has 1 aromatic heterocycles. The van der Waals surface area contributed by atoms with E-state index in [4.69, 9.17) is 5.26 Å². The molecule has 0 aliphatic rings. The highest BCUT2D eigenvalue weighted by atomic mass is 32.2. The van der Waals surface area contributed by atoms with Crippen molar-refractivity contribution >= 4 is 27.5 Å². The zero-order valence-corrected chi connectivity index (χ0v) is 11.6. The standard InChI is InChI=1S/C9H11N5O2S2/c1-6-12-8(14-9(13-6)17-2)11-5-7(4-10)18(3,15)16/h5H,1-3H3,(H,11,12,13,14)/b7-5+. The number of nitriles is 1. The van der Waals surface area contributed by atoms with E-state index >= 15 is 0 Å². The molecule has 0 aliphatic carbocycles. The van der Waals surface area contributed by atoms with Gasteiger partial charge in [-0.3, -0.25) is 0 Å². The molecule has 0 saturated heterocycles. The van der Waals surface area contributed by atoms with E-state index in [1.54, 1.807) is 13.0 Å². The molecule has 9 heteroatoms. The fourth-order valence-electron chi connectivity index (χ4n) is 0.965. The van der Waals surface area contributed by atoms with Crippen molar-refractivity contribution in [3.8, 4) is 6.07 Å². The summed E-state index contributed by atoms with van der Waals surface area (Å²) in [5, 5.41) is 11.8. The lowest BCUT2D eigenvalue weighted by Gasteiger charge is -2.02. The van der Waals surface area contributed by atoms with Crippen LogP contribution in [0.25, 0.3) is 0 Å². The van der Waals surface area contributed by atoms with Crippen LogP contribution >= 0.6 is 11.8 Å². The van der Waals surface area contributed by atoms with Crippen LogP contribution in [0.15, 0.2) is 16.3 Å². The minimum Gasteiger partial charge on any atom is -0.329 e. The van der Waals surface area contributed by atoms with E-state index in [-0.39, 0.29) is 10.9 Å². The van der Waals surface area contributed by atoms with E-state index in [0.29, 0.717) is 11.0 Å². The van der Waals surface area contributed by atoms with Gasteiger partial charge in [-0.05, 0) is 13.2 Å². The van der Waals surface area contributed by atoms with E-state index in [0.717, 1.165) is 12.5 Å². The lowest BCUT2D eigenvalue weighted by atomic mass is 10.6. The molecule has 96 valence electrons. The highest BCUT2D eigenvalue weighted by Gasteiger charge is 2.10. The monoisotopic (exact) mass is 285 g/mol. The van der Waals surface area contributed by atoms with Crippen LogP contribution in [-0.4, -0.2) is 35.9 Å².